The Morgan fingerprint density at radius 2 is 1.30 bits per heavy atom. The Bertz CT molecular complexity index is 2210. The quantitative estimate of drug-likeness (QED) is 0.0712. The molecule has 0 aliphatic heterocycles. The molecule has 0 unspecified atom stereocenters. The fraction of sp³-hybridized carbons (Fsp3) is 0.0345. The lowest BCUT2D eigenvalue weighted by molar-refractivity contribution is 0.475. The molecule has 5 rings (SSSR count). The molecule has 0 bridgehead atoms. The molecule has 2 N–H and O–H groups in total. The predicted molar refractivity (Wildman–Crippen MR) is 152 cm³/mol. The van der Waals surface area contributed by atoms with Crippen molar-refractivity contribution in [3.8, 4) is 17.2 Å². The summed E-state index contributed by atoms with van der Waals surface area (Å²) < 4.78 is 32.3. The topological polar surface area (TPSA) is 205 Å². The zero-order valence-corrected chi connectivity index (χ0v) is 22.6. The van der Waals surface area contributed by atoms with E-state index >= 15 is 0 Å². The maximum Gasteiger partial charge on any atom is 0.339 e. The van der Waals surface area contributed by atoms with Gasteiger partial charge in [-0.25, -0.2) is 0 Å². The van der Waals surface area contributed by atoms with Crippen molar-refractivity contribution in [2.45, 2.75) is 10.8 Å². The van der Waals surface area contributed by atoms with E-state index < -0.39 is 42.0 Å². The molecular weight excluding hydrogens is 576 g/mol. The number of nitrogens with zero attached hydrogens (tertiary/aromatic N) is 6. The van der Waals surface area contributed by atoms with Crippen molar-refractivity contribution in [3.05, 3.63) is 149 Å². The van der Waals surface area contributed by atoms with Crippen molar-refractivity contribution in [3.63, 3.8) is 0 Å². The molecule has 0 radical (unpaired) electrons. The highest BCUT2D eigenvalue weighted by Gasteiger charge is 2.25. The van der Waals surface area contributed by atoms with Gasteiger partial charge in [-0.15, -0.1) is 0 Å². The van der Waals surface area contributed by atoms with Gasteiger partial charge in [0, 0.05) is 16.7 Å². The monoisotopic (exact) mass is 594 g/mol. The molecule has 0 aromatic heterocycles. The summed E-state index contributed by atoms with van der Waals surface area (Å²) in [7, 11) is -4.70. The van der Waals surface area contributed by atoms with Gasteiger partial charge in [-0.1, -0.05) is 48.5 Å². The van der Waals surface area contributed by atoms with E-state index in [2.05, 4.69) is 20.5 Å². The van der Waals surface area contributed by atoms with E-state index in [9.17, 15) is 28.2 Å². The Labute approximate surface area is 241 Å². The molecule has 0 saturated carbocycles. The number of hydrogen-bond acceptors (Lipinski definition) is 10. The van der Waals surface area contributed by atoms with Crippen molar-refractivity contribution in [1.29, 1.82) is 5.39 Å². The number of phenols is 2. The summed E-state index contributed by atoms with van der Waals surface area (Å²) in [5, 5.41) is 37.9. The van der Waals surface area contributed by atoms with Gasteiger partial charge in [-0.3, -0.25) is 14.8 Å². The van der Waals surface area contributed by atoms with Crippen LogP contribution in [0.1, 0.15) is 22.6 Å². The van der Waals surface area contributed by atoms with Crippen LogP contribution >= 0.6 is 0 Å². The Morgan fingerprint density at radius 1 is 0.767 bits per heavy atom. The number of diazo groups is 1. The molecule has 0 spiro atoms. The van der Waals surface area contributed by atoms with Crippen LogP contribution in [0.5, 0.6) is 17.2 Å². The number of hydrogen-bond donors (Lipinski definition) is 2. The van der Waals surface area contributed by atoms with Crippen LogP contribution in [0.2, 0.25) is 0 Å². The van der Waals surface area contributed by atoms with E-state index in [1.54, 1.807) is 36.4 Å². The highest BCUT2D eigenvalue weighted by molar-refractivity contribution is 7.87. The van der Waals surface area contributed by atoms with Crippen molar-refractivity contribution < 1.29 is 22.8 Å². The van der Waals surface area contributed by atoms with Crippen LogP contribution in [-0.2, 0) is 10.1 Å². The van der Waals surface area contributed by atoms with Gasteiger partial charge in [-0.2, -0.15) is 8.42 Å². The summed E-state index contributed by atoms with van der Waals surface area (Å²) >= 11 is 0. The van der Waals surface area contributed by atoms with Crippen molar-refractivity contribution in [2.75, 3.05) is 0 Å². The SMILES string of the molecule is N#[N+]N=c1c(=NN=[N-])c(=O)c(=O)c2cccc(S(=O)(=O)Oc3ccc(C(c4ccc(O)cc4)c4ccc(O)cc4)cc3)c12. The summed E-state index contributed by atoms with van der Waals surface area (Å²) in [6.45, 7) is 0. The number of rotatable bonds is 7. The third-order valence-electron chi connectivity index (χ3n) is 6.58. The van der Waals surface area contributed by atoms with Gasteiger partial charge in [0.05, 0.1) is 5.36 Å². The zero-order valence-electron chi connectivity index (χ0n) is 21.8. The van der Waals surface area contributed by atoms with Gasteiger partial charge in [0.25, 0.3) is 5.39 Å². The lowest BCUT2D eigenvalue weighted by Gasteiger charge is -2.19. The van der Waals surface area contributed by atoms with E-state index in [4.69, 9.17) is 15.1 Å². The normalized spacial score (nSPS) is 12.4. The van der Waals surface area contributed by atoms with Crippen molar-refractivity contribution >= 4 is 20.9 Å². The highest BCUT2D eigenvalue weighted by atomic mass is 32.2. The fourth-order valence-corrected chi connectivity index (χ4v) is 5.86. The average molecular weight is 595 g/mol. The molecule has 0 heterocycles. The standard InChI is InChI=1S/C29H18N6O7S/c30-34-32-26-25-22(28(38)29(39)27(26)33-35-31)2-1-3-23(25)43(40,41)42-21-14-8-18(9-15-21)24(16-4-10-19(36)11-5-16)17-6-12-20(37)13-7-17/h1-15,24,36-37H. The summed E-state index contributed by atoms with van der Waals surface area (Å²) in [6, 6.07) is 22.7. The smallest absolute Gasteiger partial charge is 0.339 e. The first kappa shape index (κ1) is 28.5. The van der Waals surface area contributed by atoms with Gasteiger partial charge in [-0.05, 0) is 59.2 Å². The molecule has 212 valence electrons. The van der Waals surface area contributed by atoms with Crippen LogP contribution in [0.4, 0.5) is 0 Å². The molecular formula is C29H18N6O7S. The number of fused-ring (bicyclic) bond motifs is 1. The van der Waals surface area contributed by atoms with E-state index in [-0.39, 0.29) is 28.6 Å². The first-order chi connectivity index (χ1) is 20.6. The lowest BCUT2D eigenvalue weighted by Crippen LogP contribution is -2.48. The van der Waals surface area contributed by atoms with E-state index in [0.29, 0.717) is 0 Å². The minimum Gasteiger partial charge on any atom is -0.508 e. The summed E-state index contributed by atoms with van der Waals surface area (Å²) in [5.74, 6) is -0.283. The molecule has 13 nitrogen and oxygen atoms in total. The molecule has 0 amide bonds. The molecule has 0 fully saturated rings. The molecule has 0 aliphatic rings. The van der Waals surface area contributed by atoms with Crippen LogP contribution in [-0.4, -0.2) is 18.6 Å². The van der Waals surface area contributed by atoms with Crippen LogP contribution in [0.15, 0.2) is 121 Å². The number of phenolic OH excluding ortho intramolecular Hbond substituents is 2. The second-order valence-corrected chi connectivity index (χ2v) is 10.7. The molecule has 43 heavy (non-hydrogen) atoms. The van der Waals surface area contributed by atoms with Gasteiger partial charge in [0.1, 0.15) is 22.1 Å². The largest absolute Gasteiger partial charge is 0.508 e. The number of benzene rings is 5. The number of aromatic hydroxyl groups is 2. The van der Waals surface area contributed by atoms with E-state index in [0.717, 1.165) is 22.8 Å². The van der Waals surface area contributed by atoms with Gasteiger partial charge >= 0.3 is 15.2 Å². The third kappa shape index (κ3) is 5.47. The first-order valence-corrected chi connectivity index (χ1v) is 13.7. The maximum atomic E-state index is 13.5. The molecule has 14 heteroatoms. The molecule has 0 atom stereocenters. The van der Waals surface area contributed by atoms with Crippen LogP contribution in [0.25, 0.3) is 21.4 Å². The second kappa shape index (κ2) is 11.4. The minimum atomic E-state index is -4.70. The van der Waals surface area contributed by atoms with E-state index in [1.165, 1.54) is 48.5 Å². The Balaban J connectivity index is 1.60. The molecule has 5 aromatic carbocycles. The van der Waals surface area contributed by atoms with Crippen molar-refractivity contribution in [2.24, 2.45) is 15.4 Å². The van der Waals surface area contributed by atoms with Crippen molar-refractivity contribution in [1.82, 2.24) is 0 Å². The lowest BCUT2D eigenvalue weighted by atomic mass is 9.85. The first-order valence-electron chi connectivity index (χ1n) is 12.3. The van der Waals surface area contributed by atoms with Crippen LogP contribution in [0, 0.1) is 5.39 Å². The zero-order chi connectivity index (χ0) is 30.7. The third-order valence-corrected chi connectivity index (χ3v) is 7.88. The molecule has 0 saturated heterocycles. The predicted octanol–water partition coefficient (Wildman–Crippen LogP) is 3.30. The van der Waals surface area contributed by atoms with Gasteiger partial charge < -0.3 is 25.0 Å². The van der Waals surface area contributed by atoms with E-state index in [1.807, 2.05) is 0 Å². The highest BCUT2D eigenvalue weighted by Crippen LogP contribution is 2.35. The summed E-state index contributed by atoms with van der Waals surface area (Å²) in [5.41, 5.74) is 8.83. The minimum absolute atomic E-state index is 0.0846. The van der Waals surface area contributed by atoms with Gasteiger partial charge in [0.15, 0.2) is 10.5 Å². The Morgan fingerprint density at radius 3 is 1.81 bits per heavy atom. The summed E-state index contributed by atoms with van der Waals surface area (Å²) in [6.07, 6.45) is 0. The second-order valence-electron chi connectivity index (χ2n) is 9.14. The van der Waals surface area contributed by atoms with Crippen LogP contribution in [0.3, 0.4) is 0 Å². The maximum absolute atomic E-state index is 13.5. The average Bonchev–Trinajstić information content (AvgIpc) is 3.00. The van der Waals surface area contributed by atoms with Gasteiger partial charge in [0.2, 0.25) is 10.9 Å². The fourth-order valence-electron chi connectivity index (χ4n) is 4.71. The van der Waals surface area contributed by atoms with Crippen LogP contribution < -0.4 is 25.8 Å². The molecule has 5 aromatic rings. The molecule has 0 aliphatic carbocycles. The summed E-state index contributed by atoms with van der Waals surface area (Å²) in [4.78, 5) is 24.6. The Kier molecular flexibility index (Phi) is 7.56. The Hall–Kier alpha value is -6.07.